The van der Waals surface area contributed by atoms with E-state index in [4.69, 9.17) is 26.4 Å². The fourth-order valence-corrected chi connectivity index (χ4v) is 3.83. The first-order valence-electron chi connectivity index (χ1n) is 11.6. The number of para-hydroxylation sites is 2. The summed E-state index contributed by atoms with van der Waals surface area (Å²) in [6.45, 7) is 2.79. The summed E-state index contributed by atoms with van der Waals surface area (Å²) in [5, 5.41) is 5.76. The second-order valence-corrected chi connectivity index (χ2v) is 8.31. The molecule has 0 aliphatic carbocycles. The number of morpholine rings is 1. The van der Waals surface area contributed by atoms with E-state index in [-0.39, 0.29) is 17.6 Å². The summed E-state index contributed by atoms with van der Waals surface area (Å²) in [6.07, 6.45) is 0. The highest BCUT2D eigenvalue weighted by atomic mass is 32.1. The first kappa shape index (κ1) is 25.2. The summed E-state index contributed by atoms with van der Waals surface area (Å²) in [5.41, 5.74) is 1.48. The van der Waals surface area contributed by atoms with Gasteiger partial charge in [0.05, 0.1) is 18.8 Å². The van der Waals surface area contributed by atoms with Crippen LogP contribution in [0.4, 0.5) is 5.69 Å². The molecule has 2 amide bonds. The van der Waals surface area contributed by atoms with E-state index in [1.807, 2.05) is 30.3 Å². The van der Waals surface area contributed by atoms with Crippen molar-refractivity contribution in [2.24, 2.45) is 0 Å². The zero-order valence-electron chi connectivity index (χ0n) is 19.6. The molecule has 36 heavy (non-hydrogen) atoms. The number of rotatable bonds is 8. The Morgan fingerprint density at radius 3 is 2.42 bits per heavy atom. The molecular weight excluding hydrogens is 478 g/mol. The minimum Gasteiger partial charge on any atom is -0.490 e. The molecule has 1 aliphatic heterocycles. The molecule has 0 radical (unpaired) electrons. The van der Waals surface area contributed by atoms with Crippen molar-refractivity contribution in [1.29, 1.82) is 0 Å². The number of ether oxygens (including phenoxy) is 3. The van der Waals surface area contributed by atoms with E-state index in [9.17, 15) is 9.59 Å². The van der Waals surface area contributed by atoms with Gasteiger partial charge in [0.2, 0.25) is 0 Å². The minimum atomic E-state index is -0.410. The highest BCUT2D eigenvalue weighted by Gasteiger charge is 2.19. The molecule has 3 aromatic rings. The lowest BCUT2D eigenvalue weighted by atomic mass is 10.1. The quantitative estimate of drug-likeness (QED) is 0.356. The molecule has 2 N–H and O–H groups in total. The van der Waals surface area contributed by atoms with Crippen LogP contribution in [0.3, 0.4) is 0 Å². The number of benzene rings is 3. The molecule has 186 valence electrons. The van der Waals surface area contributed by atoms with Gasteiger partial charge in [-0.15, -0.1) is 0 Å². The molecule has 8 nitrogen and oxygen atoms in total. The number of anilines is 1. The largest absolute Gasteiger partial charge is 0.490 e. The maximum atomic E-state index is 12.9. The van der Waals surface area contributed by atoms with E-state index >= 15 is 0 Å². The molecule has 0 aromatic heterocycles. The molecule has 1 aliphatic rings. The third kappa shape index (κ3) is 7.03. The molecule has 0 unspecified atom stereocenters. The lowest BCUT2D eigenvalue weighted by molar-refractivity contribution is 0.0303. The van der Waals surface area contributed by atoms with Crippen LogP contribution in [0.5, 0.6) is 11.5 Å². The van der Waals surface area contributed by atoms with Crippen molar-refractivity contribution in [3.8, 4) is 11.5 Å². The fourth-order valence-electron chi connectivity index (χ4n) is 3.62. The van der Waals surface area contributed by atoms with E-state index in [1.54, 1.807) is 53.4 Å². The van der Waals surface area contributed by atoms with Gasteiger partial charge in [0.25, 0.3) is 11.8 Å². The molecule has 1 fully saturated rings. The second kappa shape index (κ2) is 12.7. The zero-order valence-corrected chi connectivity index (χ0v) is 20.5. The van der Waals surface area contributed by atoms with Crippen LogP contribution in [-0.2, 0) is 4.74 Å². The third-order valence-electron chi connectivity index (χ3n) is 5.38. The van der Waals surface area contributed by atoms with Crippen molar-refractivity contribution >= 4 is 34.8 Å². The molecule has 1 saturated heterocycles. The van der Waals surface area contributed by atoms with Gasteiger partial charge in [-0.25, -0.2) is 0 Å². The van der Waals surface area contributed by atoms with Gasteiger partial charge in [0, 0.05) is 24.3 Å². The molecule has 1 heterocycles. The van der Waals surface area contributed by atoms with Crippen LogP contribution >= 0.6 is 12.2 Å². The Morgan fingerprint density at radius 2 is 1.61 bits per heavy atom. The van der Waals surface area contributed by atoms with Gasteiger partial charge in [-0.05, 0) is 54.7 Å². The Kier molecular flexibility index (Phi) is 8.85. The highest BCUT2D eigenvalue weighted by molar-refractivity contribution is 7.80. The van der Waals surface area contributed by atoms with Gasteiger partial charge in [0.15, 0.2) is 5.11 Å². The smallest absolute Gasteiger partial charge is 0.261 e. The Hall–Kier alpha value is -3.95. The average molecular weight is 506 g/mol. The summed E-state index contributed by atoms with van der Waals surface area (Å²) in [6, 6.07) is 23.3. The van der Waals surface area contributed by atoms with Gasteiger partial charge in [-0.2, -0.15) is 0 Å². The number of thiocarbonyl (C=S) groups is 1. The van der Waals surface area contributed by atoms with Gasteiger partial charge >= 0.3 is 0 Å². The predicted molar refractivity (Wildman–Crippen MR) is 141 cm³/mol. The van der Waals surface area contributed by atoms with Crippen LogP contribution in [0, 0.1) is 0 Å². The van der Waals surface area contributed by atoms with Gasteiger partial charge in [0.1, 0.15) is 24.7 Å². The van der Waals surface area contributed by atoms with Gasteiger partial charge in [-0.1, -0.05) is 36.4 Å². The zero-order chi connectivity index (χ0) is 25.2. The van der Waals surface area contributed by atoms with Crippen LogP contribution < -0.4 is 20.1 Å². The van der Waals surface area contributed by atoms with E-state index in [0.29, 0.717) is 55.5 Å². The van der Waals surface area contributed by atoms with Crippen LogP contribution in [0.1, 0.15) is 20.7 Å². The van der Waals surface area contributed by atoms with Crippen molar-refractivity contribution in [1.82, 2.24) is 10.2 Å². The number of amides is 2. The summed E-state index contributed by atoms with van der Waals surface area (Å²) >= 11 is 5.33. The topological polar surface area (TPSA) is 89.1 Å². The van der Waals surface area contributed by atoms with Gasteiger partial charge in [-0.3, -0.25) is 14.9 Å². The third-order valence-corrected chi connectivity index (χ3v) is 5.58. The van der Waals surface area contributed by atoms with Crippen LogP contribution in [-0.4, -0.2) is 61.3 Å². The molecule has 4 rings (SSSR count). The number of carbonyl (C=O) groups is 2. The Balaban J connectivity index is 1.31. The number of nitrogens with one attached hydrogen (secondary N) is 2. The number of hydrogen-bond acceptors (Lipinski definition) is 6. The molecule has 3 aromatic carbocycles. The summed E-state index contributed by atoms with van der Waals surface area (Å²) in [4.78, 5) is 27.4. The lowest BCUT2D eigenvalue weighted by Gasteiger charge is -2.27. The van der Waals surface area contributed by atoms with Crippen molar-refractivity contribution in [3.63, 3.8) is 0 Å². The number of carbonyl (C=O) groups excluding carboxylic acids is 2. The van der Waals surface area contributed by atoms with E-state index in [1.165, 1.54) is 0 Å². The van der Waals surface area contributed by atoms with Crippen molar-refractivity contribution in [2.75, 3.05) is 44.8 Å². The summed E-state index contributed by atoms with van der Waals surface area (Å²) in [7, 11) is 0. The number of nitrogens with zero attached hydrogens (tertiary/aromatic N) is 1. The highest BCUT2D eigenvalue weighted by Crippen LogP contribution is 2.19. The summed E-state index contributed by atoms with van der Waals surface area (Å²) < 4.78 is 16.7. The first-order valence-corrected chi connectivity index (χ1v) is 12.0. The first-order chi connectivity index (χ1) is 17.6. The minimum absolute atomic E-state index is 0.0702. The van der Waals surface area contributed by atoms with Gasteiger partial charge < -0.3 is 24.4 Å². The molecule has 0 saturated carbocycles. The molecule has 0 atom stereocenters. The number of hydrogen-bond donors (Lipinski definition) is 2. The van der Waals surface area contributed by atoms with Crippen molar-refractivity contribution < 1.29 is 23.8 Å². The Bertz CT molecular complexity index is 1200. The van der Waals surface area contributed by atoms with Crippen LogP contribution in [0.2, 0.25) is 0 Å². The SMILES string of the molecule is O=C(NC(=S)Nc1cccc(C(=O)N2CCOCC2)c1)c1ccccc1OCCOc1ccccc1. The molecule has 9 heteroatoms. The average Bonchev–Trinajstić information content (AvgIpc) is 2.92. The lowest BCUT2D eigenvalue weighted by Crippen LogP contribution is -2.40. The predicted octanol–water partition coefficient (Wildman–Crippen LogP) is 3.74. The van der Waals surface area contributed by atoms with E-state index < -0.39 is 5.91 Å². The summed E-state index contributed by atoms with van der Waals surface area (Å²) in [5.74, 6) is 0.693. The standard InChI is InChI=1S/C27H27N3O5S/c31-25(23-11-4-5-12-24(23)35-18-17-34-22-9-2-1-3-10-22)29-27(36)28-21-8-6-7-20(19-21)26(32)30-13-15-33-16-14-30/h1-12,19H,13-18H2,(H2,28,29,31,36). The molecular formula is C27H27N3O5S. The fraction of sp³-hybridized carbons (Fsp3) is 0.222. The van der Waals surface area contributed by atoms with E-state index in [2.05, 4.69) is 10.6 Å². The van der Waals surface area contributed by atoms with Crippen molar-refractivity contribution in [2.45, 2.75) is 0 Å². The maximum absolute atomic E-state index is 12.9. The van der Waals surface area contributed by atoms with Crippen LogP contribution in [0.15, 0.2) is 78.9 Å². The maximum Gasteiger partial charge on any atom is 0.261 e. The molecule has 0 bridgehead atoms. The van der Waals surface area contributed by atoms with Crippen LogP contribution in [0.25, 0.3) is 0 Å². The van der Waals surface area contributed by atoms with Crippen molar-refractivity contribution in [3.05, 3.63) is 90.0 Å². The normalized spacial score (nSPS) is 12.9. The molecule has 0 spiro atoms. The monoisotopic (exact) mass is 505 g/mol. The Morgan fingerprint density at radius 1 is 0.889 bits per heavy atom. The van der Waals surface area contributed by atoms with E-state index in [0.717, 1.165) is 5.75 Å². The Labute approximate surface area is 215 Å². The second-order valence-electron chi connectivity index (χ2n) is 7.90.